The van der Waals surface area contributed by atoms with Crippen LogP contribution >= 0.6 is 11.3 Å². The monoisotopic (exact) mass is 783 g/mol. The van der Waals surface area contributed by atoms with Gasteiger partial charge < -0.3 is 8.98 Å². The molecule has 12 aromatic rings. The summed E-state index contributed by atoms with van der Waals surface area (Å²) in [4.78, 5) is 11.2. The number of para-hydroxylation sites is 2. The number of amidine groups is 1. The highest BCUT2D eigenvalue weighted by atomic mass is 32.1. The molecular formula is C55H33N3OS. The third-order valence-electron chi connectivity index (χ3n) is 12.3. The van der Waals surface area contributed by atoms with Gasteiger partial charge in [-0.25, -0.2) is 9.98 Å². The summed E-state index contributed by atoms with van der Waals surface area (Å²) in [6.07, 6.45) is 2.87. The van der Waals surface area contributed by atoms with Crippen LogP contribution in [0.5, 0.6) is 0 Å². The number of thiophene rings is 1. The predicted molar refractivity (Wildman–Crippen MR) is 255 cm³/mol. The van der Waals surface area contributed by atoms with Crippen LogP contribution in [0.1, 0.15) is 23.1 Å². The summed E-state index contributed by atoms with van der Waals surface area (Å²) in [5.74, 6) is 0.688. The average molecular weight is 784 g/mol. The van der Waals surface area contributed by atoms with Crippen LogP contribution in [0.4, 0.5) is 0 Å². The minimum Gasteiger partial charge on any atom is -0.454 e. The molecular weight excluding hydrogens is 751 g/mol. The van der Waals surface area contributed by atoms with Gasteiger partial charge in [-0.05, 0) is 64.0 Å². The number of benzene rings is 9. The Kier molecular flexibility index (Phi) is 7.21. The summed E-state index contributed by atoms with van der Waals surface area (Å²) in [7, 11) is 0. The Balaban J connectivity index is 1.12. The van der Waals surface area contributed by atoms with Crippen molar-refractivity contribution in [3.05, 3.63) is 205 Å². The highest BCUT2D eigenvalue weighted by Gasteiger charge is 2.25. The van der Waals surface area contributed by atoms with E-state index in [1.165, 1.54) is 41.7 Å². The van der Waals surface area contributed by atoms with E-state index in [4.69, 9.17) is 14.4 Å². The van der Waals surface area contributed by atoms with Gasteiger partial charge in [0.2, 0.25) is 0 Å². The van der Waals surface area contributed by atoms with E-state index in [0.717, 1.165) is 77.5 Å². The zero-order chi connectivity index (χ0) is 39.3. The first-order chi connectivity index (χ1) is 29.7. The van der Waals surface area contributed by atoms with E-state index >= 15 is 0 Å². The van der Waals surface area contributed by atoms with E-state index in [9.17, 15) is 0 Å². The predicted octanol–water partition coefficient (Wildman–Crippen LogP) is 15.0. The Bertz CT molecular complexity index is 3870. The van der Waals surface area contributed by atoms with Crippen molar-refractivity contribution in [3.63, 3.8) is 0 Å². The third-order valence-corrected chi connectivity index (χ3v) is 13.5. The smallest absolute Gasteiger partial charge is 0.160 e. The summed E-state index contributed by atoms with van der Waals surface area (Å²) < 4.78 is 11.9. The highest BCUT2D eigenvalue weighted by Crippen LogP contribution is 2.44. The molecule has 0 fully saturated rings. The lowest BCUT2D eigenvalue weighted by atomic mass is 10.0. The molecule has 4 nitrogen and oxygen atoms in total. The summed E-state index contributed by atoms with van der Waals surface area (Å²) >= 11 is 1.84. The Morgan fingerprint density at radius 2 is 1.15 bits per heavy atom. The van der Waals surface area contributed by atoms with E-state index in [1.807, 2.05) is 17.4 Å². The van der Waals surface area contributed by atoms with Crippen LogP contribution in [0.15, 0.2) is 202 Å². The fourth-order valence-electron chi connectivity index (χ4n) is 9.51. The Morgan fingerprint density at radius 1 is 0.467 bits per heavy atom. The van der Waals surface area contributed by atoms with Crippen molar-refractivity contribution in [1.29, 1.82) is 0 Å². The van der Waals surface area contributed by atoms with Gasteiger partial charge in [-0.3, -0.25) is 0 Å². The normalized spacial score (nSPS) is 13.6. The number of hydrogen-bond donors (Lipinski definition) is 0. The van der Waals surface area contributed by atoms with E-state index in [-0.39, 0.29) is 0 Å². The van der Waals surface area contributed by atoms with Crippen molar-refractivity contribution in [3.8, 4) is 5.69 Å². The third kappa shape index (κ3) is 4.96. The molecule has 0 spiro atoms. The van der Waals surface area contributed by atoms with Gasteiger partial charge in [-0.15, -0.1) is 11.3 Å². The second-order valence-corrected chi connectivity index (χ2v) is 16.7. The molecule has 60 heavy (non-hydrogen) atoms. The number of nitrogens with zero attached hydrogens (tertiary/aromatic N) is 3. The number of rotatable bonds is 4. The van der Waals surface area contributed by atoms with Gasteiger partial charge in [0.05, 0.1) is 28.1 Å². The molecule has 3 aromatic heterocycles. The molecule has 13 rings (SSSR count). The molecule has 0 N–H and O–H groups in total. The molecule has 280 valence electrons. The van der Waals surface area contributed by atoms with Gasteiger partial charge in [0.25, 0.3) is 0 Å². The molecule has 4 heterocycles. The molecule has 1 aliphatic rings. The highest BCUT2D eigenvalue weighted by molar-refractivity contribution is 7.26. The maximum Gasteiger partial charge on any atom is 0.160 e. The molecule has 0 amide bonds. The molecule has 9 aromatic carbocycles. The van der Waals surface area contributed by atoms with Crippen molar-refractivity contribution in [2.75, 3.05) is 0 Å². The maximum absolute atomic E-state index is 6.97. The minimum absolute atomic E-state index is 0.593. The lowest BCUT2D eigenvalue weighted by Crippen LogP contribution is -2.06. The fourth-order valence-corrected chi connectivity index (χ4v) is 10.7. The summed E-state index contributed by atoms with van der Waals surface area (Å²) in [6, 6.07) is 65.1. The molecule has 0 atom stereocenters. The average Bonchev–Trinajstić information content (AvgIpc) is 3.92. The zero-order valence-electron chi connectivity index (χ0n) is 32.3. The summed E-state index contributed by atoms with van der Waals surface area (Å²) in [5.41, 5.74) is 9.83. The first-order valence-electron chi connectivity index (χ1n) is 20.4. The fraction of sp³-hybridized carbons (Fsp3) is 0.0182. The molecule has 0 unspecified atom stereocenters. The second kappa shape index (κ2) is 13.0. The Labute approximate surface area is 348 Å². The van der Waals surface area contributed by atoms with E-state index in [1.54, 1.807) is 0 Å². The topological polar surface area (TPSA) is 42.8 Å². The largest absolute Gasteiger partial charge is 0.454 e. The first kappa shape index (κ1) is 33.4. The quantitative estimate of drug-likeness (QED) is 0.175. The number of allylic oxidation sites excluding steroid dienone is 1. The lowest BCUT2D eigenvalue weighted by molar-refractivity contribution is 0.666. The standard InChI is InChI=1S/C55H33N3OS/c1-2-15-35-32-49-45(31-34(35)14-1)37-18-5-8-24-48(37)58(49)52-43(28-27-40-38-19-6-9-25-50(38)59-53(40)52)46-29-30-47(44-23-12-21-41-39-20-7-10-26-51(39)60-54(41)44)57-55(56-46)42-22-11-16-33-13-3-4-17-36(33)42/h1-29,31-32H,30H2. The van der Waals surface area contributed by atoms with E-state index in [0.29, 0.717) is 12.3 Å². The van der Waals surface area contributed by atoms with Crippen LogP contribution in [-0.2, 0) is 0 Å². The number of aromatic nitrogens is 1. The van der Waals surface area contributed by atoms with Crippen LogP contribution in [-0.4, -0.2) is 16.1 Å². The molecule has 0 bridgehead atoms. The molecule has 0 saturated carbocycles. The molecule has 5 heteroatoms. The number of hydrogen-bond acceptors (Lipinski definition) is 4. The van der Waals surface area contributed by atoms with Crippen LogP contribution in [0.2, 0.25) is 0 Å². The minimum atomic E-state index is 0.593. The van der Waals surface area contributed by atoms with Crippen LogP contribution in [0.25, 0.3) is 96.8 Å². The molecule has 0 radical (unpaired) electrons. The van der Waals surface area contributed by atoms with Gasteiger partial charge >= 0.3 is 0 Å². The van der Waals surface area contributed by atoms with Crippen LogP contribution < -0.4 is 0 Å². The van der Waals surface area contributed by atoms with Gasteiger partial charge in [-0.2, -0.15) is 0 Å². The van der Waals surface area contributed by atoms with Crippen molar-refractivity contribution >= 4 is 114 Å². The van der Waals surface area contributed by atoms with Crippen LogP contribution in [0, 0.1) is 0 Å². The summed E-state index contributed by atoms with van der Waals surface area (Å²) in [5, 5.41) is 11.7. The van der Waals surface area contributed by atoms with Crippen molar-refractivity contribution in [2.45, 2.75) is 6.42 Å². The van der Waals surface area contributed by atoms with Gasteiger partial charge in [0.15, 0.2) is 11.4 Å². The maximum atomic E-state index is 6.97. The number of fused-ring (bicyclic) bond motifs is 11. The lowest BCUT2D eigenvalue weighted by Gasteiger charge is -2.16. The number of aliphatic imine (C=N–C) groups is 2. The van der Waals surface area contributed by atoms with E-state index in [2.05, 4.69) is 187 Å². The molecule has 0 saturated heterocycles. The summed E-state index contributed by atoms with van der Waals surface area (Å²) in [6.45, 7) is 0. The van der Waals surface area contributed by atoms with Crippen molar-refractivity contribution in [1.82, 2.24) is 4.57 Å². The van der Waals surface area contributed by atoms with Gasteiger partial charge in [-0.1, -0.05) is 146 Å². The van der Waals surface area contributed by atoms with Crippen molar-refractivity contribution < 1.29 is 4.42 Å². The van der Waals surface area contributed by atoms with E-state index < -0.39 is 0 Å². The van der Waals surface area contributed by atoms with Crippen LogP contribution in [0.3, 0.4) is 0 Å². The van der Waals surface area contributed by atoms with Crippen molar-refractivity contribution in [2.24, 2.45) is 9.98 Å². The molecule has 1 aliphatic heterocycles. The first-order valence-corrected chi connectivity index (χ1v) is 21.2. The molecule has 0 aliphatic carbocycles. The van der Waals surface area contributed by atoms with Gasteiger partial charge in [0.1, 0.15) is 5.58 Å². The van der Waals surface area contributed by atoms with Gasteiger partial charge in [0, 0.05) is 64.8 Å². The zero-order valence-corrected chi connectivity index (χ0v) is 33.1. The SMILES string of the molecule is C1=C(c2ccc3c(oc4ccccc43)c2-n2c3ccccc3c3cc4ccccc4cc32)N=C(c2cccc3ccccc23)N=C(c2cccc3c2sc2ccccc23)C1. The number of furan rings is 1. The Hall–Kier alpha value is -7.60. The Morgan fingerprint density at radius 3 is 2.05 bits per heavy atom. The second-order valence-electron chi connectivity index (χ2n) is 15.6.